The molecule has 1 aliphatic rings. The van der Waals surface area contributed by atoms with E-state index in [1.165, 1.54) is 315 Å². The third-order valence-corrected chi connectivity index (χ3v) is 19.2. The summed E-state index contributed by atoms with van der Waals surface area (Å²) in [6, 6.07) is -0.830. The Morgan fingerprint density at radius 1 is 0.391 bits per heavy atom. The van der Waals surface area contributed by atoms with Crippen LogP contribution in [0, 0.1) is 0 Å². The highest BCUT2D eigenvalue weighted by atomic mass is 16.7. The molecule has 11 nitrogen and oxygen atoms in total. The van der Waals surface area contributed by atoms with E-state index in [1.54, 1.807) is 6.08 Å². The summed E-state index contributed by atoms with van der Waals surface area (Å²) in [4.78, 5) is 25.1. The molecule has 0 spiro atoms. The van der Waals surface area contributed by atoms with Crippen LogP contribution in [0.4, 0.5) is 0 Å². The molecule has 92 heavy (non-hydrogen) atoms. The van der Waals surface area contributed by atoms with Gasteiger partial charge in [0.05, 0.1) is 32.0 Å². The number of esters is 1. The summed E-state index contributed by atoms with van der Waals surface area (Å²) in [5, 5.41) is 54.5. The number of amides is 1. The summed E-state index contributed by atoms with van der Waals surface area (Å²) < 4.78 is 16.7. The number of carbonyl (C=O) groups excluding carboxylic acids is 2. The molecule has 6 N–H and O–H groups in total. The fraction of sp³-hybridized carbons (Fsp3) is 0.901. The number of aliphatic hydroxyl groups is 5. The van der Waals surface area contributed by atoms with Gasteiger partial charge in [-0.2, -0.15) is 0 Å². The Bertz CT molecular complexity index is 1620. The van der Waals surface area contributed by atoms with E-state index in [4.69, 9.17) is 14.2 Å². The van der Waals surface area contributed by atoms with Crippen molar-refractivity contribution in [3.63, 3.8) is 0 Å². The normalized spacial score (nSPS) is 17.7. The van der Waals surface area contributed by atoms with Gasteiger partial charge in [-0.25, -0.2) is 0 Å². The molecule has 1 fully saturated rings. The van der Waals surface area contributed by atoms with E-state index in [2.05, 4.69) is 43.5 Å². The predicted octanol–water partition coefficient (Wildman–Crippen LogP) is 21.7. The molecule has 1 rings (SSSR count). The van der Waals surface area contributed by atoms with Gasteiger partial charge in [0.2, 0.25) is 5.91 Å². The molecule has 0 radical (unpaired) electrons. The number of nitrogens with one attached hydrogen (secondary N) is 1. The first-order valence-electron chi connectivity index (χ1n) is 40.3. The lowest BCUT2D eigenvalue weighted by atomic mass is 9.99. The maximum Gasteiger partial charge on any atom is 0.305 e. The molecular formula is C81H153NO10. The number of carbonyl (C=O) groups is 2. The number of unbranched alkanes of at least 4 members (excludes halogenated alkanes) is 54. The van der Waals surface area contributed by atoms with Gasteiger partial charge in [-0.05, 0) is 57.8 Å². The Balaban J connectivity index is 1.88. The Kier molecular flexibility index (Phi) is 67.1. The molecule has 11 heteroatoms. The molecule has 0 aromatic rings. The van der Waals surface area contributed by atoms with E-state index < -0.39 is 49.5 Å². The van der Waals surface area contributed by atoms with Gasteiger partial charge in [0.25, 0.3) is 0 Å². The van der Waals surface area contributed by atoms with Gasteiger partial charge >= 0.3 is 5.97 Å². The maximum absolute atomic E-state index is 13.1. The molecule has 0 bridgehead atoms. The summed E-state index contributed by atoms with van der Waals surface area (Å²) in [5.74, 6) is -0.170. The van der Waals surface area contributed by atoms with Gasteiger partial charge < -0.3 is 45.1 Å². The second kappa shape index (κ2) is 70.2. The molecule has 1 heterocycles. The number of allylic oxidation sites excluding steroid dienone is 5. The van der Waals surface area contributed by atoms with Gasteiger partial charge in [-0.3, -0.25) is 9.59 Å². The van der Waals surface area contributed by atoms with Crippen LogP contribution in [-0.2, 0) is 23.8 Å². The average molecular weight is 1300 g/mol. The van der Waals surface area contributed by atoms with Crippen molar-refractivity contribution in [2.75, 3.05) is 19.8 Å². The van der Waals surface area contributed by atoms with Crippen molar-refractivity contribution in [3.8, 4) is 0 Å². The molecule has 0 aliphatic carbocycles. The topological polar surface area (TPSA) is 175 Å². The van der Waals surface area contributed by atoms with E-state index in [0.29, 0.717) is 19.4 Å². The second-order valence-electron chi connectivity index (χ2n) is 28.1. The van der Waals surface area contributed by atoms with Crippen molar-refractivity contribution < 1.29 is 49.3 Å². The summed E-state index contributed by atoms with van der Waals surface area (Å²) in [6.45, 7) is 4.34. The van der Waals surface area contributed by atoms with Gasteiger partial charge in [-0.1, -0.05) is 371 Å². The molecule has 1 saturated heterocycles. The molecule has 7 atom stereocenters. The second-order valence-corrected chi connectivity index (χ2v) is 28.1. The lowest BCUT2D eigenvalue weighted by Crippen LogP contribution is -2.60. The van der Waals surface area contributed by atoms with Crippen LogP contribution < -0.4 is 5.32 Å². The van der Waals surface area contributed by atoms with E-state index in [9.17, 15) is 35.1 Å². The standard InChI is InChI=1S/C81H153NO10/c1-3-5-7-9-11-13-15-44-47-51-55-59-63-67-74(84)73(72-91-81-80(89)79(88)78(87)75(71-83)92-81)82-76(85)68-64-60-56-52-48-45-42-40-38-36-34-32-30-28-26-24-22-20-18-17-19-21-23-25-27-29-31-33-35-37-39-41-43-46-50-54-58-62-66-70-90-77(86)69-65-61-57-53-49-16-14-12-10-8-6-4-2/h11,13,47,51,63,67,73-75,78-81,83-84,87-89H,3-10,12,14-46,48-50,52-62,64-66,68-72H2,1-2H3,(H,82,85)/b13-11+,51-47+,67-63+. The Morgan fingerprint density at radius 2 is 0.707 bits per heavy atom. The number of ether oxygens (including phenoxy) is 3. The Morgan fingerprint density at radius 3 is 1.08 bits per heavy atom. The predicted molar refractivity (Wildman–Crippen MR) is 389 cm³/mol. The number of rotatable bonds is 72. The zero-order valence-electron chi connectivity index (χ0n) is 60.5. The molecule has 1 aliphatic heterocycles. The monoisotopic (exact) mass is 1300 g/mol. The zero-order valence-corrected chi connectivity index (χ0v) is 60.5. The number of hydrogen-bond acceptors (Lipinski definition) is 10. The van der Waals surface area contributed by atoms with Crippen LogP contribution in [0.15, 0.2) is 36.5 Å². The van der Waals surface area contributed by atoms with Crippen LogP contribution in [0.1, 0.15) is 406 Å². The van der Waals surface area contributed by atoms with Crippen molar-refractivity contribution in [3.05, 3.63) is 36.5 Å². The SMILES string of the molecule is CCCCC/C=C/CC/C=C/CC/C=C/C(O)C(COC1OC(CO)C(O)C(O)C1O)NC(=O)CCCCCCCCCCCCCCCCCCCCCCCCCCCCCCCCCCCCCCCCCOC(=O)CCCCCCCCCCCCCC. The Hall–Kier alpha value is -2.12. The van der Waals surface area contributed by atoms with Gasteiger partial charge in [0.1, 0.15) is 24.4 Å². The summed E-state index contributed by atoms with van der Waals surface area (Å²) in [6.07, 6.45) is 81.9. The first-order chi connectivity index (χ1) is 45.2. The smallest absolute Gasteiger partial charge is 0.305 e. The highest BCUT2D eigenvalue weighted by Crippen LogP contribution is 2.24. The van der Waals surface area contributed by atoms with Crippen LogP contribution in [0.25, 0.3) is 0 Å². The van der Waals surface area contributed by atoms with Crippen LogP contribution in [0.3, 0.4) is 0 Å². The fourth-order valence-corrected chi connectivity index (χ4v) is 12.9. The minimum Gasteiger partial charge on any atom is -0.466 e. The largest absolute Gasteiger partial charge is 0.466 e. The van der Waals surface area contributed by atoms with Crippen LogP contribution in [0.5, 0.6) is 0 Å². The van der Waals surface area contributed by atoms with E-state index in [1.807, 2.05) is 6.08 Å². The zero-order chi connectivity index (χ0) is 66.5. The molecule has 0 aromatic carbocycles. The quantitative estimate of drug-likeness (QED) is 0.0195. The lowest BCUT2D eigenvalue weighted by molar-refractivity contribution is -0.302. The summed E-state index contributed by atoms with van der Waals surface area (Å²) in [7, 11) is 0. The van der Waals surface area contributed by atoms with E-state index in [-0.39, 0.29) is 18.5 Å². The fourth-order valence-electron chi connectivity index (χ4n) is 12.9. The minimum atomic E-state index is -1.58. The first kappa shape index (κ1) is 87.9. The third-order valence-electron chi connectivity index (χ3n) is 19.2. The highest BCUT2D eigenvalue weighted by Gasteiger charge is 2.44. The summed E-state index contributed by atoms with van der Waals surface area (Å²) >= 11 is 0. The van der Waals surface area contributed by atoms with Crippen LogP contribution in [0.2, 0.25) is 0 Å². The van der Waals surface area contributed by atoms with Crippen LogP contribution in [-0.4, -0.2) is 100 Å². The Labute approximate surface area is 568 Å². The van der Waals surface area contributed by atoms with Gasteiger partial charge in [0, 0.05) is 12.8 Å². The highest BCUT2D eigenvalue weighted by molar-refractivity contribution is 5.76. The lowest BCUT2D eigenvalue weighted by Gasteiger charge is -2.40. The number of hydrogen-bond donors (Lipinski definition) is 6. The maximum atomic E-state index is 13.1. The third kappa shape index (κ3) is 58.1. The molecule has 7 unspecified atom stereocenters. The van der Waals surface area contributed by atoms with Gasteiger partial charge in [0.15, 0.2) is 6.29 Å². The van der Waals surface area contributed by atoms with Crippen molar-refractivity contribution in [2.24, 2.45) is 0 Å². The van der Waals surface area contributed by atoms with Gasteiger partial charge in [-0.15, -0.1) is 0 Å². The van der Waals surface area contributed by atoms with E-state index in [0.717, 1.165) is 64.2 Å². The van der Waals surface area contributed by atoms with Crippen molar-refractivity contribution in [1.29, 1.82) is 0 Å². The molecule has 0 aromatic heterocycles. The molecule has 1 amide bonds. The minimum absolute atomic E-state index is 0.0194. The number of aliphatic hydroxyl groups excluding tert-OH is 5. The van der Waals surface area contributed by atoms with Crippen LogP contribution >= 0.6 is 0 Å². The van der Waals surface area contributed by atoms with Crippen molar-refractivity contribution in [2.45, 2.75) is 448 Å². The molecule has 0 saturated carbocycles. The van der Waals surface area contributed by atoms with E-state index >= 15 is 0 Å². The average Bonchev–Trinajstić information content (AvgIpc) is 0.990. The van der Waals surface area contributed by atoms with Crippen molar-refractivity contribution >= 4 is 11.9 Å². The molecule has 542 valence electrons. The summed E-state index contributed by atoms with van der Waals surface area (Å²) in [5.41, 5.74) is 0. The van der Waals surface area contributed by atoms with Crippen molar-refractivity contribution in [1.82, 2.24) is 5.32 Å². The molecular weight excluding hydrogens is 1150 g/mol. The first-order valence-corrected chi connectivity index (χ1v) is 40.3.